The van der Waals surface area contributed by atoms with E-state index < -0.39 is 10.9 Å². The highest BCUT2D eigenvalue weighted by Gasteiger charge is 2.33. The van der Waals surface area contributed by atoms with Gasteiger partial charge in [0, 0.05) is 23.0 Å². The van der Waals surface area contributed by atoms with E-state index in [4.69, 9.17) is 16.3 Å². The summed E-state index contributed by atoms with van der Waals surface area (Å²) in [7, 11) is 0. The number of aromatic nitrogens is 1. The van der Waals surface area contributed by atoms with Crippen molar-refractivity contribution < 1.29 is 14.5 Å². The van der Waals surface area contributed by atoms with Crippen LogP contribution >= 0.6 is 22.9 Å². The normalized spacial score (nSPS) is 16.9. The summed E-state index contributed by atoms with van der Waals surface area (Å²) in [6.07, 6.45) is 1.70. The Labute approximate surface area is 153 Å². The van der Waals surface area contributed by atoms with Gasteiger partial charge in [-0.15, -0.1) is 11.3 Å². The topological polar surface area (TPSA) is 85.6 Å². The number of anilines is 1. The molecule has 7 nitrogen and oxygen atoms in total. The molecule has 0 radical (unpaired) electrons. The van der Waals surface area contributed by atoms with E-state index >= 15 is 0 Å². The van der Waals surface area contributed by atoms with Crippen LogP contribution in [0.15, 0.2) is 23.6 Å². The van der Waals surface area contributed by atoms with Crippen molar-refractivity contribution in [3.05, 3.63) is 49.4 Å². The second kappa shape index (κ2) is 7.37. The zero-order valence-corrected chi connectivity index (χ0v) is 15.0. The number of carbonyl (C=O) groups is 1. The molecule has 9 heteroatoms. The number of carbonyl (C=O) groups excluding carboxylic acids is 1. The number of halogens is 1. The lowest BCUT2D eigenvalue weighted by atomic mass is 10.2. The van der Waals surface area contributed by atoms with Gasteiger partial charge in [0.2, 0.25) is 0 Å². The Balaban J connectivity index is 1.92. The Morgan fingerprint density at radius 3 is 3.08 bits per heavy atom. The monoisotopic (exact) mass is 381 g/mol. The minimum absolute atomic E-state index is 0.0263. The van der Waals surface area contributed by atoms with Gasteiger partial charge >= 0.3 is 5.97 Å². The first kappa shape index (κ1) is 17.6. The van der Waals surface area contributed by atoms with Gasteiger partial charge in [0.05, 0.1) is 17.6 Å². The van der Waals surface area contributed by atoms with Gasteiger partial charge in [0.15, 0.2) is 5.69 Å². The molecule has 1 atom stereocenters. The number of benzene rings is 1. The van der Waals surface area contributed by atoms with Crippen LogP contribution < -0.4 is 4.90 Å². The summed E-state index contributed by atoms with van der Waals surface area (Å²) in [4.78, 5) is 29.1. The van der Waals surface area contributed by atoms with Crippen LogP contribution in [0.1, 0.15) is 41.3 Å². The predicted molar refractivity (Wildman–Crippen MR) is 95.5 cm³/mol. The van der Waals surface area contributed by atoms with Gasteiger partial charge < -0.3 is 9.64 Å². The number of hydrogen-bond acceptors (Lipinski definition) is 7. The van der Waals surface area contributed by atoms with E-state index in [2.05, 4.69) is 4.98 Å². The molecule has 1 aromatic heterocycles. The fraction of sp³-hybridized carbons (Fsp3) is 0.375. The van der Waals surface area contributed by atoms with Gasteiger partial charge in [0.25, 0.3) is 5.69 Å². The molecule has 0 spiro atoms. The van der Waals surface area contributed by atoms with Crippen LogP contribution in [0.2, 0.25) is 5.02 Å². The number of rotatable bonds is 5. The molecule has 2 heterocycles. The zero-order valence-electron chi connectivity index (χ0n) is 13.5. The summed E-state index contributed by atoms with van der Waals surface area (Å²) in [5.41, 5.74) is 0.769. The number of hydrogen-bond donors (Lipinski definition) is 0. The van der Waals surface area contributed by atoms with Gasteiger partial charge in [-0.25, -0.2) is 9.78 Å². The Kier molecular flexibility index (Phi) is 5.19. The zero-order chi connectivity index (χ0) is 18.0. The van der Waals surface area contributed by atoms with E-state index in [0.29, 0.717) is 17.3 Å². The number of nitro benzene ring substituents is 1. The first-order valence-electron chi connectivity index (χ1n) is 7.84. The van der Waals surface area contributed by atoms with Crippen LogP contribution in [-0.4, -0.2) is 29.0 Å². The highest BCUT2D eigenvalue weighted by Crippen LogP contribution is 2.42. The first-order valence-corrected chi connectivity index (χ1v) is 9.10. The summed E-state index contributed by atoms with van der Waals surface area (Å²) in [5.74, 6) is -0.452. The molecule has 1 aliphatic rings. The van der Waals surface area contributed by atoms with Crippen LogP contribution in [0.3, 0.4) is 0 Å². The molecule has 2 aromatic rings. The molecule has 0 amide bonds. The molecule has 1 saturated heterocycles. The van der Waals surface area contributed by atoms with Crippen molar-refractivity contribution in [3.63, 3.8) is 0 Å². The molecule has 25 heavy (non-hydrogen) atoms. The lowest BCUT2D eigenvalue weighted by Crippen LogP contribution is -2.23. The molecule has 132 valence electrons. The van der Waals surface area contributed by atoms with Crippen LogP contribution in [0.4, 0.5) is 11.4 Å². The standard InChI is InChI=1S/C16H16ClN3O4S/c1-2-24-16(21)11-9-25-15(18-11)13-4-3-7-19(13)12-6-5-10(17)8-14(12)20(22)23/h5-6,8-9,13H,2-4,7H2,1H3. The average Bonchev–Trinajstić information content (AvgIpc) is 3.24. The maximum atomic E-state index is 11.8. The minimum atomic E-state index is -0.452. The van der Waals surface area contributed by atoms with Crippen molar-refractivity contribution in [3.8, 4) is 0 Å². The molecule has 1 aliphatic heterocycles. The molecule has 0 bridgehead atoms. The summed E-state index contributed by atoms with van der Waals surface area (Å²) in [5, 5.41) is 14.1. The molecular formula is C16H16ClN3O4S. The summed E-state index contributed by atoms with van der Waals surface area (Å²) in [6.45, 7) is 2.71. The van der Waals surface area contributed by atoms with Crippen LogP contribution in [0, 0.1) is 10.1 Å². The lowest BCUT2D eigenvalue weighted by molar-refractivity contribution is -0.384. The third-order valence-electron chi connectivity index (χ3n) is 3.99. The second-order valence-corrected chi connectivity index (χ2v) is 6.86. The Hall–Kier alpha value is -2.19. The highest BCUT2D eigenvalue weighted by molar-refractivity contribution is 7.10. The fourth-order valence-corrected chi connectivity index (χ4v) is 4.04. The molecule has 0 saturated carbocycles. The second-order valence-electron chi connectivity index (χ2n) is 5.53. The molecule has 1 aromatic carbocycles. The summed E-state index contributed by atoms with van der Waals surface area (Å²) < 4.78 is 4.97. The molecule has 0 N–H and O–H groups in total. The van der Waals surface area contributed by atoms with Gasteiger partial charge in [-0.05, 0) is 31.9 Å². The molecule has 1 fully saturated rings. The highest BCUT2D eigenvalue weighted by atomic mass is 35.5. The van der Waals surface area contributed by atoms with Crippen molar-refractivity contribution in [2.75, 3.05) is 18.1 Å². The molecule has 0 aliphatic carbocycles. The van der Waals surface area contributed by atoms with E-state index in [9.17, 15) is 14.9 Å². The van der Waals surface area contributed by atoms with E-state index in [0.717, 1.165) is 17.8 Å². The van der Waals surface area contributed by atoms with E-state index in [1.165, 1.54) is 17.4 Å². The summed E-state index contributed by atoms with van der Waals surface area (Å²) in [6, 6.07) is 4.56. The van der Waals surface area contributed by atoms with Gasteiger partial charge in [-0.1, -0.05) is 11.6 Å². The third kappa shape index (κ3) is 3.59. The molecular weight excluding hydrogens is 366 g/mol. The number of ether oxygens (including phenoxy) is 1. The predicted octanol–water partition coefficient (Wildman–Crippen LogP) is 4.22. The van der Waals surface area contributed by atoms with E-state index in [-0.39, 0.29) is 24.0 Å². The van der Waals surface area contributed by atoms with Crippen molar-refractivity contribution in [1.29, 1.82) is 0 Å². The van der Waals surface area contributed by atoms with Crippen molar-refractivity contribution in [2.45, 2.75) is 25.8 Å². The maximum absolute atomic E-state index is 11.8. The average molecular weight is 382 g/mol. The summed E-state index contributed by atoms with van der Waals surface area (Å²) >= 11 is 7.27. The van der Waals surface area contributed by atoms with Gasteiger partial charge in [0.1, 0.15) is 10.7 Å². The molecule has 3 rings (SSSR count). The van der Waals surface area contributed by atoms with E-state index in [1.54, 1.807) is 24.4 Å². The number of nitro groups is 1. The van der Waals surface area contributed by atoms with Crippen molar-refractivity contribution in [1.82, 2.24) is 4.98 Å². The Morgan fingerprint density at radius 2 is 2.36 bits per heavy atom. The first-order chi connectivity index (χ1) is 12.0. The fourth-order valence-electron chi connectivity index (χ4n) is 2.94. The molecule has 1 unspecified atom stereocenters. The van der Waals surface area contributed by atoms with Gasteiger partial charge in [-0.3, -0.25) is 10.1 Å². The number of nitrogens with zero attached hydrogens (tertiary/aromatic N) is 3. The Bertz CT molecular complexity index is 810. The van der Waals surface area contributed by atoms with Crippen LogP contribution in [0.25, 0.3) is 0 Å². The maximum Gasteiger partial charge on any atom is 0.357 e. The van der Waals surface area contributed by atoms with E-state index in [1.807, 2.05) is 4.90 Å². The largest absolute Gasteiger partial charge is 0.461 e. The minimum Gasteiger partial charge on any atom is -0.461 e. The van der Waals surface area contributed by atoms with Crippen LogP contribution in [-0.2, 0) is 4.74 Å². The quantitative estimate of drug-likeness (QED) is 0.438. The third-order valence-corrected chi connectivity index (χ3v) is 5.17. The number of thiazole rings is 1. The number of esters is 1. The lowest BCUT2D eigenvalue weighted by Gasteiger charge is -2.25. The van der Waals surface area contributed by atoms with Crippen molar-refractivity contribution in [2.24, 2.45) is 0 Å². The van der Waals surface area contributed by atoms with Crippen molar-refractivity contribution >= 4 is 40.3 Å². The van der Waals surface area contributed by atoms with Gasteiger partial charge in [-0.2, -0.15) is 0 Å². The smallest absolute Gasteiger partial charge is 0.357 e. The van der Waals surface area contributed by atoms with Crippen LogP contribution in [0.5, 0.6) is 0 Å². The Morgan fingerprint density at radius 1 is 1.56 bits per heavy atom. The SMILES string of the molecule is CCOC(=O)c1csc(C2CCCN2c2ccc(Cl)cc2[N+](=O)[O-])n1.